The SMILES string of the molecule is O=C(Cc1csc2nc(-c3ccccc3)cn12)N1CCCCC1. The Labute approximate surface area is 139 Å². The highest BCUT2D eigenvalue weighted by molar-refractivity contribution is 7.15. The number of aromatic nitrogens is 2. The molecule has 0 N–H and O–H groups in total. The molecule has 0 radical (unpaired) electrons. The number of benzene rings is 1. The van der Waals surface area contributed by atoms with Gasteiger partial charge in [-0.15, -0.1) is 11.3 Å². The van der Waals surface area contributed by atoms with Gasteiger partial charge in [-0.1, -0.05) is 30.3 Å². The van der Waals surface area contributed by atoms with Gasteiger partial charge in [-0.05, 0) is 19.3 Å². The van der Waals surface area contributed by atoms with E-state index in [1.165, 1.54) is 6.42 Å². The smallest absolute Gasteiger partial charge is 0.228 e. The van der Waals surface area contributed by atoms with Crippen LogP contribution in [0.5, 0.6) is 0 Å². The number of amides is 1. The first-order chi connectivity index (χ1) is 11.3. The van der Waals surface area contributed by atoms with Crippen LogP contribution in [0.15, 0.2) is 41.9 Å². The summed E-state index contributed by atoms with van der Waals surface area (Å²) in [7, 11) is 0. The molecule has 0 unspecified atom stereocenters. The van der Waals surface area contributed by atoms with E-state index in [2.05, 4.69) is 26.9 Å². The molecule has 1 aliphatic heterocycles. The van der Waals surface area contributed by atoms with Gasteiger partial charge in [0.1, 0.15) is 0 Å². The molecule has 4 rings (SSSR count). The Morgan fingerprint density at radius 3 is 2.70 bits per heavy atom. The van der Waals surface area contributed by atoms with Crippen molar-refractivity contribution in [2.75, 3.05) is 13.1 Å². The minimum atomic E-state index is 0.236. The van der Waals surface area contributed by atoms with E-state index in [9.17, 15) is 4.79 Å². The predicted molar refractivity (Wildman–Crippen MR) is 92.6 cm³/mol. The van der Waals surface area contributed by atoms with Crippen LogP contribution in [0.25, 0.3) is 16.2 Å². The van der Waals surface area contributed by atoms with Crippen molar-refractivity contribution < 1.29 is 4.79 Å². The largest absolute Gasteiger partial charge is 0.342 e. The third-order valence-corrected chi connectivity index (χ3v) is 5.28. The van der Waals surface area contributed by atoms with E-state index in [4.69, 9.17) is 0 Å². The lowest BCUT2D eigenvalue weighted by molar-refractivity contribution is -0.131. The van der Waals surface area contributed by atoms with E-state index in [-0.39, 0.29) is 5.91 Å². The lowest BCUT2D eigenvalue weighted by atomic mass is 10.1. The molecule has 2 aromatic heterocycles. The number of rotatable bonds is 3. The molecule has 118 valence electrons. The summed E-state index contributed by atoms with van der Waals surface area (Å²) >= 11 is 1.60. The topological polar surface area (TPSA) is 37.6 Å². The van der Waals surface area contributed by atoms with Gasteiger partial charge in [-0.2, -0.15) is 0 Å². The number of piperidine rings is 1. The van der Waals surface area contributed by atoms with Crippen LogP contribution in [-0.2, 0) is 11.2 Å². The minimum Gasteiger partial charge on any atom is -0.342 e. The number of carbonyl (C=O) groups excluding carboxylic acids is 1. The summed E-state index contributed by atoms with van der Waals surface area (Å²) in [5, 5.41) is 2.05. The maximum Gasteiger partial charge on any atom is 0.228 e. The quantitative estimate of drug-likeness (QED) is 0.737. The maximum absolute atomic E-state index is 12.5. The first-order valence-corrected chi connectivity index (χ1v) is 8.98. The van der Waals surface area contributed by atoms with E-state index < -0.39 is 0 Å². The summed E-state index contributed by atoms with van der Waals surface area (Å²) in [5.41, 5.74) is 3.11. The van der Waals surface area contributed by atoms with Crippen molar-refractivity contribution in [2.24, 2.45) is 0 Å². The summed E-state index contributed by atoms with van der Waals surface area (Å²) < 4.78 is 2.06. The molecule has 0 saturated carbocycles. The molecule has 1 saturated heterocycles. The number of carbonyl (C=O) groups is 1. The highest BCUT2D eigenvalue weighted by Crippen LogP contribution is 2.24. The zero-order valence-corrected chi connectivity index (χ0v) is 13.8. The Bertz CT molecular complexity index is 815. The van der Waals surface area contributed by atoms with Gasteiger partial charge in [0, 0.05) is 35.9 Å². The molecule has 23 heavy (non-hydrogen) atoms. The fraction of sp³-hybridized carbons (Fsp3) is 0.333. The highest BCUT2D eigenvalue weighted by Gasteiger charge is 2.19. The summed E-state index contributed by atoms with van der Waals surface area (Å²) in [4.78, 5) is 20.1. The van der Waals surface area contributed by atoms with Crippen molar-refractivity contribution in [1.82, 2.24) is 14.3 Å². The Morgan fingerprint density at radius 1 is 1.13 bits per heavy atom. The van der Waals surface area contributed by atoms with Gasteiger partial charge in [-0.3, -0.25) is 9.20 Å². The molecule has 5 heteroatoms. The van der Waals surface area contributed by atoms with Gasteiger partial charge in [0.15, 0.2) is 4.96 Å². The fourth-order valence-corrected chi connectivity index (χ4v) is 3.99. The Balaban J connectivity index is 1.58. The number of imidazole rings is 1. The second-order valence-corrected chi connectivity index (χ2v) is 6.83. The van der Waals surface area contributed by atoms with Gasteiger partial charge >= 0.3 is 0 Å². The molecule has 1 aliphatic rings. The monoisotopic (exact) mass is 325 g/mol. The summed E-state index contributed by atoms with van der Waals surface area (Å²) in [5.74, 6) is 0.236. The second-order valence-electron chi connectivity index (χ2n) is 5.99. The van der Waals surface area contributed by atoms with E-state index >= 15 is 0 Å². The van der Waals surface area contributed by atoms with Crippen molar-refractivity contribution in [1.29, 1.82) is 0 Å². The number of fused-ring (bicyclic) bond motifs is 1. The van der Waals surface area contributed by atoms with Crippen molar-refractivity contribution in [3.8, 4) is 11.3 Å². The molecule has 0 aliphatic carbocycles. The van der Waals surface area contributed by atoms with E-state index in [1.807, 2.05) is 29.3 Å². The maximum atomic E-state index is 12.5. The molecule has 3 heterocycles. The Morgan fingerprint density at radius 2 is 1.91 bits per heavy atom. The summed E-state index contributed by atoms with van der Waals surface area (Å²) in [6.45, 7) is 1.82. The van der Waals surface area contributed by atoms with Crippen LogP contribution in [-0.4, -0.2) is 33.3 Å². The molecule has 1 fully saturated rings. The Kier molecular flexibility index (Phi) is 3.87. The molecule has 0 bridgehead atoms. The molecule has 1 aromatic carbocycles. The number of likely N-dealkylation sites (tertiary alicyclic amines) is 1. The zero-order chi connectivity index (χ0) is 15.6. The number of thiazole rings is 1. The first kappa shape index (κ1) is 14.5. The van der Waals surface area contributed by atoms with Crippen LogP contribution in [0.4, 0.5) is 0 Å². The lowest BCUT2D eigenvalue weighted by Crippen LogP contribution is -2.36. The second kappa shape index (κ2) is 6.16. The molecule has 0 spiro atoms. The van der Waals surface area contributed by atoms with Crippen LogP contribution in [0.2, 0.25) is 0 Å². The van der Waals surface area contributed by atoms with Crippen LogP contribution in [0.3, 0.4) is 0 Å². The summed E-state index contributed by atoms with van der Waals surface area (Å²) in [6, 6.07) is 10.2. The van der Waals surface area contributed by atoms with Gasteiger partial charge in [0.05, 0.1) is 12.1 Å². The van der Waals surface area contributed by atoms with Gasteiger partial charge < -0.3 is 4.90 Å². The van der Waals surface area contributed by atoms with Crippen LogP contribution in [0, 0.1) is 0 Å². The lowest BCUT2D eigenvalue weighted by Gasteiger charge is -2.26. The normalized spacial score (nSPS) is 15.2. The highest BCUT2D eigenvalue weighted by atomic mass is 32.1. The first-order valence-electron chi connectivity index (χ1n) is 8.10. The molecule has 0 atom stereocenters. The molecule has 1 amide bonds. The third-order valence-electron chi connectivity index (χ3n) is 4.39. The number of nitrogens with zero attached hydrogens (tertiary/aromatic N) is 3. The average Bonchev–Trinajstić information content (AvgIpc) is 3.18. The van der Waals surface area contributed by atoms with Crippen LogP contribution in [0.1, 0.15) is 25.0 Å². The minimum absolute atomic E-state index is 0.236. The van der Waals surface area contributed by atoms with Crippen LogP contribution < -0.4 is 0 Å². The summed E-state index contributed by atoms with van der Waals surface area (Å²) in [6.07, 6.45) is 6.01. The Hall–Kier alpha value is -2.14. The van der Waals surface area contributed by atoms with E-state index in [1.54, 1.807) is 11.3 Å². The van der Waals surface area contributed by atoms with E-state index in [0.29, 0.717) is 6.42 Å². The average molecular weight is 325 g/mol. The van der Waals surface area contributed by atoms with Gasteiger partial charge in [-0.25, -0.2) is 4.98 Å². The van der Waals surface area contributed by atoms with Crippen molar-refractivity contribution in [3.05, 3.63) is 47.6 Å². The predicted octanol–water partition coefficient (Wildman–Crippen LogP) is 3.62. The molecule has 3 aromatic rings. The van der Waals surface area contributed by atoms with Gasteiger partial charge in [0.25, 0.3) is 0 Å². The number of hydrogen-bond donors (Lipinski definition) is 0. The van der Waals surface area contributed by atoms with Crippen molar-refractivity contribution in [3.63, 3.8) is 0 Å². The van der Waals surface area contributed by atoms with Crippen LogP contribution >= 0.6 is 11.3 Å². The molecular formula is C18H19N3OS. The van der Waals surface area contributed by atoms with Gasteiger partial charge in [0.2, 0.25) is 5.91 Å². The number of hydrogen-bond acceptors (Lipinski definition) is 3. The molecular weight excluding hydrogens is 306 g/mol. The third kappa shape index (κ3) is 2.88. The van der Waals surface area contributed by atoms with Crippen molar-refractivity contribution in [2.45, 2.75) is 25.7 Å². The zero-order valence-electron chi connectivity index (χ0n) is 12.9. The van der Waals surface area contributed by atoms with E-state index in [0.717, 1.165) is 47.8 Å². The van der Waals surface area contributed by atoms with Crippen molar-refractivity contribution >= 4 is 22.2 Å². The standard InChI is InChI=1S/C18H19N3OS/c22-17(20-9-5-2-6-10-20)11-15-13-23-18-19-16(12-21(15)18)14-7-3-1-4-8-14/h1,3-4,7-8,12-13H,2,5-6,9-11H2. The molecule has 4 nitrogen and oxygen atoms in total. The fourth-order valence-electron chi connectivity index (χ4n) is 3.11.